The molecule has 1 N–H and O–H groups in total. The summed E-state index contributed by atoms with van der Waals surface area (Å²) in [6.45, 7) is 0. The number of hydrogen-bond donors (Lipinski definition) is 1. The highest BCUT2D eigenvalue weighted by atomic mass is 79.9. The third kappa shape index (κ3) is 3.04. The number of carbonyl (C=O) groups is 1. The highest BCUT2D eigenvalue weighted by Gasteiger charge is 2.16. The van der Waals surface area contributed by atoms with Gasteiger partial charge in [0.2, 0.25) is 0 Å². The van der Waals surface area contributed by atoms with E-state index in [0.29, 0.717) is 16.9 Å². The SMILES string of the molecule is O=C(Nc1ccc(Br)cc1)c1cnn2c(-c3ccccc3)ccnc12. The first-order valence-electron chi connectivity index (χ1n) is 7.67. The predicted octanol–water partition coefficient (Wildman–Crippen LogP) is 4.41. The Morgan fingerprint density at radius 1 is 1.00 bits per heavy atom. The van der Waals surface area contributed by atoms with Gasteiger partial charge in [0.1, 0.15) is 5.56 Å². The van der Waals surface area contributed by atoms with Gasteiger partial charge in [0.05, 0.1) is 11.9 Å². The van der Waals surface area contributed by atoms with Crippen LogP contribution in [-0.2, 0) is 0 Å². The van der Waals surface area contributed by atoms with E-state index in [2.05, 4.69) is 31.3 Å². The number of halogens is 1. The molecule has 0 aliphatic rings. The van der Waals surface area contributed by atoms with Crippen LogP contribution in [0.2, 0.25) is 0 Å². The standard InChI is InChI=1S/C19H13BrN4O/c20-14-6-8-15(9-7-14)23-19(25)16-12-22-24-17(10-11-21-18(16)24)13-4-2-1-3-5-13/h1-12H,(H,23,25). The Morgan fingerprint density at radius 2 is 1.76 bits per heavy atom. The summed E-state index contributed by atoms with van der Waals surface area (Å²) in [5.74, 6) is -0.241. The van der Waals surface area contributed by atoms with Crippen molar-refractivity contribution in [1.29, 1.82) is 0 Å². The van der Waals surface area contributed by atoms with Crippen molar-refractivity contribution in [3.8, 4) is 11.3 Å². The number of aromatic nitrogens is 3. The van der Waals surface area contributed by atoms with E-state index in [1.165, 1.54) is 0 Å². The van der Waals surface area contributed by atoms with Crippen LogP contribution in [-0.4, -0.2) is 20.5 Å². The van der Waals surface area contributed by atoms with E-state index in [9.17, 15) is 4.79 Å². The van der Waals surface area contributed by atoms with Crippen LogP contribution in [0.3, 0.4) is 0 Å². The molecule has 0 atom stereocenters. The second-order valence-corrected chi connectivity index (χ2v) is 6.37. The average Bonchev–Trinajstić information content (AvgIpc) is 3.08. The largest absolute Gasteiger partial charge is 0.322 e. The van der Waals surface area contributed by atoms with Crippen molar-refractivity contribution in [3.05, 3.63) is 83.1 Å². The lowest BCUT2D eigenvalue weighted by atomic mass is 10.1. The molecule has 4 rings (SSSR count). The van der Waals surface area contributed by atoms with E-state index < -0.39 is 0 Å². The summed E-state index contributed by atoms with van der Waals surface area (Å²) in [4.78, 5) is 16.9. The Labute approximate surface area is 152 Å². The van der Waals surface area contributed by atoms with Gasteiger partial charge in [-0.25, -0.2) is 9.50 Å². The fourth-order valence-corrected chi connectivity index (χ4v) is 2.88. The molecule has 2 heterocycles. The van der Waals surface area contributed by atoms with Crippen LogP contribution in [0, 0.1) is 0 Å². The molecule has 0 unspecified atom stereocenters. The number of benzene rings is 2. The Balaban J connectivity index is 1.71. The predicted molar refractivity (Wildman–Crippen MR) is 101 cm³/mol. The van der Waals surface area contributed by atoms with Crippen molar-refractivity contribution >= 4 is 33.2 Å². The third-order valence-electron chi connectivity index (χ3n) is 3.82. The molecule has 2 aromatic carbocycles. The first-order valence-corrected chi connectivity index (χ1v) is 8.47. The van der Waals surface area contributed by atoms with E-state index in [-0.39, 0.29) is 5.91 Å². The van der Waals surface area contributed by atoms with E-state index in [4.69, 9.17) is 0 Å². The fraction of sp³-hybridized carbons (Fsp3) is 0. The first kappa shape index (κ1) is 15.5. The first-order chi connectivity index (χ1) is 12.2. The molecule has 0 radical (unpaired) electrons. The van der Waals surface area contributed by atoms with E-state index >= 15 is 0 Å². The van der Waals surface area contributed by atoms with Crippen molar-refractivity contribution in [2.45, 2.75) is 0 Å². The summed E-state index contributed by atoms with van der Waals surface area (Å²) in [5.41, 5.74) is 3.56. The molecule has 0 aliphatic heterocycles. The average molecular weight is 393 g/mol. The summed E-state index contributed by atoms with van der Waals surface area (Å²) in [5, 5.41) is 7.23. The summed E-state index contributed by atoms with van der Waals surface area (Å²) < 4.78 is 2.64. The number of amides is 1. The smallest absolute Gasteiger partial charge is 0.261 e. The Kier molecular flexibility index (Phi) is 4.03. The molecule has 122 valence electrons. The quantitative estimate of drug-likeness (QED) is 0.561. The lowest BCUT2D eigenvalue weighted by Crippen LogP contribution is -2.12. The van der Waals surface area contributed by atoms with Gasteiger partial charge in [0, 0.05) is 21.9 Å². The maximum atomic E-state index is 12.6. The highest BCUT2D eigenvalue weighted by Crippen LogP contribution is 2.21. The molecular formula is C19H13BrN4O. The number of nitrogens with one attached hydrogen (secondary N) is 1. The van der Waals surface area contributed by atoms with Crippen LogP contribution in [0.1, 0.15) is 10.4 Å². The van der Waals surface area contributed by atoms with Gasteiger partial charge in [-0.3, -0.25) is 4.79 Å². The Morgan fingerprint density at radius 3 is 2.52 bits per heavy atom. The van der Waals surface area contributed by atoms with Crippen molar-refractivity contribution in [2.24, 2.45) is 0 Å². The number of carbonyl (C=O) groups excluding carboxylic acids is 1. The molecule has 2 aromatic heterocycles. The molecule has 0 fully saturated rings. The maximum Gasteiger partial charge on any atom is 0.261 e. The third-order valence-corrected chi connectivity index (χ3v) is 4.35. The summed E-state index contributed by atoms with van der Waals surface area (Å²) in [6.07, 6.45) is 3.23. The molecule has 0 spiro atoms. The molecule has 0 aliphatic carbocycles. The minimum atomic E-state index is -0.241. The molecule has 0 saturated heterocycles. The number of anilines is 1. The van der Waals surface area contributed by atoms with Crippen LogP contribution in [0.15, 0.2) is 77.5 Å². The summed E-state index contributed by atoms with van der Waals surface area (Å²) in [6, 6.07) is 19.2. The van der Waals surface area contributed by atoms with Gasteiger partial charge < -0.3 is 5.32 Å². The molecule has 25 heavy (non-hydrogen) atoms. The van der Waals surface area contributed by atoms with Crippen LogP contribution >= 0.6 is 15.9 Å². The van der Waals surface area contributed by atoms with Crippen LogP contribution in [0.25, 0.3) is 16.9 Å². The lowest BCUT2D eigenvalue weighted by molar-refractivity contribution is 0.102. The molecule has 4 aromatic rings. The minimum Gasteiger partial charge on any atom is -0.322 e. The zero-order valence-corrected chi connectivity index (χ0v) is 14.6. The maximum absolute atomic E-state index is 12.6. The van der Waals surface area contributed by atoms with Crippen molar-refractivity contribution in [1.82, 2.24) is 14.6 Å². The van der Waals surface area contributed by atoms with Crippen LogP contribution in [0.5, 0.6) is 0 Å². The number of rotatable bonds is 3. The van der Waals surface area contributed by atoms with Gasteiger partial charge in [-0.2, -0.15) is 5.10 Å². The van der Waals surface area contributed by atoms with E-state index in [1.54, 1.807) is 16.9 Å². The molecule has 0 saturated carbocycles. The minimum absolute atomic E-state index is 0.241. The van der Waals surface area contributed by atoms with Crippen molar-refractivity contribution < 1.29 is 4.79 Å². The molecule has 1 amide bonds. The van der Waals surface area contributed by atoms with Gasteiger partial charge >= 0.3 is 0 Å². The zero-order valence-electron chi connectivity index (χ0n) is 13.1. The number of nitrogens with zero attached hydrogens (tertiary/aromatic N) is 3. The van der Waals surface area contributed by atoms with Gasteiger partial charge in [-0.1, -0.05) is 46.3 Å². The van der Waals surface area contributed by atoms with Crippen molar-refractivity contribution in [2.75, 3.05) is 5.32 Å². The van der Waals surface area contributed by atoms with E-state index in [1.807, 2.05) is 60.7 Å². The lowest BCUT2D eigenvalue weighted by Gasteiger charge is -2.06. The van der Waals surface area contributed by atoms with Crippen molar-refractivity contribution in [3.63, 3.8) is 0 Å². The van der Waals surface area contributed by atoms with Gasteiger partial charge in [-0.05, 0) is 30.3 Å². The normalized spacial score (nSPS) is 10.8. The number of hydrogen-bond acceptors (Lipinski definition) is 3. The summed E-state index contributed by atoms with van der Waals surface area (Å²) >= 11 is 3.38. The Bertz CT molecular complexity index is 1040. The number of fused-ring (bicyclic) bond motifs is 1. The fourth-order valence-electron chi connectivity index (χ4n) is 2.61. The monoisotopic (exact) mass is 392 g/mol. The molecule has 5 nitrogen and oxygen atoms in total. The molecular weight excluding hydrogens is 380 g/mol. The second kappa shape index (κ2) is 6.49. The van der Waals surface area contributed by atoms with Crippen LogP contribution in [0.4, 0.5) is 5.69 Å². The zero-order chi connectivity index (χ0) is 17.2. The molecule has 6 heteroatoms. The molecule has 0 bridgehead atoms. The van der Waals surface area contributed by atoms with Crippen LogP contribution < -0.4 is 5.32 Å². The highest BCUT2D eigenvalue weighted by molar-refractivity contribution is 9.10. The van der Waals surface area contributed by atoms with Gasteiger partial charge in [0.15, 0.2) is 5.65 Å². The Hall–Kier alpha value is -2.99. The van der Waals surface area contributed by atoms with Gasteiger partial charge in [0.25, 0.3) is 5.91 Å². The second-order valence-electron chi connectivity index (χ2n) is 5.45. The van der Waals surface area contributed by atoms with Gasteiger partial charge in [-0.15, -0.1) is 0 Å². The summed E-state index contributed by atoms with van der Waals surface area (Å²) in [7, 11) is 0. The van der Waals surface area contributed by atoms with E-state index in [0.717, 1.165) is 15.7 Å². The topological polar surface area (TPSA) is 59.3 Å².